The molecule has 9 heteroatoms. The second kappa shape index (κ2) is 12.5. The van der Waals surface area contributed by atoms with Gasteiger partial charge in [-0.3, -0.25) is 13.9 Å². The predicted molar refractivity (Wildman–Crippen MR) is 132 cm³/mol. The molecule has 0 saturated carbocycles. The molecule has 0 heterocycles. The maximum absolute atomic E-state index is 13.5. The SMILES string of the molecule is CCCCNC(=O)C(CC)N(Cc1cccc(C)c1)C(=O)CN(c1ccc(F)cc1)S(C)(=O)=O. The number of benzene rings is 2. The highest BCUT2D eigenvalue weighted by molar-refractivity contribution is 7.92. The molecule has 2 aromatic carbocycles. The van der Waals surface area contributed by atoms with Crippen molar-refractivity contribution in [2.75, 3.05) is 23.7 Å². The van der Waals surface area contributed by atoms with Gasteiger partial charge in [-0.25, -0.2) is 12.8 Å². The first-order valence-electron chi connectivity index (χ1n) is 11.4. The van der Waals surface area contributed by atoms with Crippen molar-refractivity contribution < 1.29 is 22.4 Å². The maximum Gasteiger partial charge on any atom is 0.244 e. The van der Waals surface area contributed by atoms with Gasteiger partial charge in [0, 0.05) is 13.1 Å². The number of halogens is 1. The largest absolute Gasteiger partial charge is 0.354 e. The minimum absolute atomic E-state index is 0.154. The average Bonchev–Trinajstić information content (AvgIpc) is 2.77. The lowest BCUT2D eigenvalue weighted by atomic mass is 10.1. The van der Waals surface area contributed by atoms with Gasteiger partial charge >= 0.3 is 0 Å². The Kier molecular flexibility index (Phi) is 10.0. The average molecular weight is 492 g/mol. The van der Waals surface area contributed by atoms with Crippen LogP contribution >= 0.6 is 0 Å². The van der Waals surface area contributed by atoms with Gasteiger partial charge in [0.1, 0.15) is 18.4 Å². The molecule has 0 fully saturated rings. The number of amides is 2. The fourth-order valence-corrected chi connectivity index (χ4v) is 4.50. The second-order valence-electron chi connectivity index (χ2n) is 8.33. The van der Waals surface area contributed by atoms with Crippen molar-refractivity contribution in [3.8, 4) is 0 Å². The summed E-state index contributed by atoms with van der Waals surface area (Å²) in [5.41, 5.74) is 2.02. The zero-order valence-electron chi connectivity index (χ0n) is 20.3. The van der Waals surface area contributed by atoms with Crippen LogP contribution in [0.2, 0.25) is 0 Å². The molecule has 1 atom stereocenters. The first kappa shape index (κ1) is 27.3. The van der Waals surface area contributed by atoms with Gasteiger partial charge in [-0.1, -0.05) is 50.1 Å². The first-order valence-corrected chi connectivity index (χ1v) is 13.3. The van der Waals surface area contributed by atoms with E-state index in [0.717, 1.165) is 46.7 Å². The van der Waals surface area contributed by atoms with Crippen LogP contribution in [0.5, 0.6) is 0 Å². The van der Waals surface area contributed by atoms with Gasteiger partial charge in [-0.15, -0.1) is 0 Å². The molecule has 7 nitrogen and oxygen atoms in total. The van der Waals surface area contributed by atoms with Gasteiger partial charge in [0.05, 0.1) is 11.9 Å². The van der Waals surface area contributed by atoms with Gasteiger partial charge in [0.2, 0.25) is 21.8 Å². The smallest absolute Gasteiger partial charge is 0.244 e. The van der Waals surface area contributed by atoms with Crippen molar-refractivity contribution in [3.05, 3.63) is 65.5 Å². The molecule has 0 bridgehead atoms. The Labute approximate surface area is 202 Å². The fourth-order valence-electron chi connectivity index (χ4n) is 3.65. The maximum atomic E-state index is 13.5. The summed E-state index contributed by atoms with van der Waals surface area (Å²) in [6.07, 6.45) is 3.10. The second-order valence-corrected chi connectivity index (χ2v) is 10.2. The van der Waals surface area contributed by atoms with E-state index in [9.17, 15) is 22.4 Å². The number of carbonyl (C=O) groups is 2. The lowest BCUT2D eigenvalue weighted by Gasteiger charge is -2.33. The van der Waals surface area contributed by atoms with E-state index in [1.165, 1.54) is 17.0 Å². The summed E-state index contributed by atoms with van der Waals surface area (Å²) in [6, 6.07) is 11.7. The van der Waals surface area contributed by atoms with Crippen LogP contribution in [0.3, 0.4) is 0 Å². The topological polar surface area (TPSA) is 86.8 Å². The van der Waals surface area contributed by atoms with Crippen LogP contribution in [0.1, 0.15) is 44.2 Å². The van der Waals surface area contributed by atoms with E-state index in [4.69, 9.17) is 0 Å². The van der Waals surface area contributed by atoms with Gasteiger partial charge in [-0.05, 0) is 49.6 Å². The van der Waals surface area contributed by atoms with Gasteiger partial charge in [0.25, 0.3) is 0 Å². The van der Waals surface area contributed by atoms with E-state index in [0.29, 0.717) is 13.0 Å². The minimum Gasteiger partial charge on any atom is -0.354 e. The molecule has 0 aliphatic carbocycles. The number of nitrogens with zero attached hydrogens (tertiary/aromatic N) is 2. The van der Waals surface area contributed by atoms with E-state index in [1.807, 2.05) is 45.0 Å². The monoisotopic (exact) mass is 491 g/mol. The molecule has 34 heavy (non-hydrogen) atoms. The van der Waals surface area contributed by atoms with Crippen LogP contribution in [0.15, 0.2) is 48.5 Å². The number of sulfonamides is 1. The van der Waals surface area contributed by atoms with Crippen LogP contribution < -0.4 is 9.62 Å². The van der Waals surface area contributed by atoms with Crippen LogP contribution in [0, 0.1) is 12.7 Å². The number of aryl methyl sites for hydroxylation is 1. The summed E-state index contributed by atoms with van der Waals surface area (Å²) in [5, 5.41) is 2.88. The van der Waals surface area contributed by atoms with Crippen molar-refractivity contribution in [1.82, 2.24) is 10.2 Å². The summed E-state index contributed by atoms with van der Waals surface area (Å²) in [7, 11) is -3.85. The van der Waals surface area contributed by atoms with Gasteiger partial charge in [-0.2, -0.15) is 0 Å². The molecule has 1 unspecified atom stereocenters. The number of anilines is 1. The van der Waals surface area contributed by atoms with E-state index in [-0.39, 0.29) is 18.1 Å². The molecule has 186 valence electrons. The Hall–Kier alpha value is -2.94. The fraction of sp³-hybridized carbons (Fsp3) is 0.440. The summed E-state index contributed by atoms with van der Waals surface area (Å²) in [5.74, 6) is -1.31. The molecule has 0 aliphatic rings. The molecule has 0 aromatic heterocycles. The zero-order valence-corrected chi connectivity index (χ0v) is 21.1. The highest BCUT2D eigenvalue weighted by atomic mass is 32.2. The van der Waals surface area contributed by atoms with Gasteiger partial charge < -0.3 is 10.2 Å². The van der Waals surface area contributed by atoms with E-state index < -0.39 is 34.3 Å². The van der Waals surface area contributed by atoms with Crippen molar-refractivity contribution >= 4 is 27.5 Å². The lowest BCUT2D eigenvalue weighted by Crippen LogP contribution is -2.52. The highest BCUT2D eigenvalue weighted by Gasteiger charge is 2.31. The van der Waals surface area contributed by atoms with Crippen molar-refractivity contribution in [1.29, 1.82) is 0 Å². The van der Waals surface area contributed by atoms with Crippen LogP contribution in [-0.4, -0.2) is 50.5 Å². The van der Waals surface area contributed by atoms with Crippen molar-refractivity contribution in [2.45, 2.75) is 52.6 Å². The minimum atomic E-state index is -3.85. The van der Waals surface area contributed by atoms with Crippen LogP contribution in [-0.2, 0) is 26.2 Å². The number of nitrogens with one attached hydrogen (secondary N) is 1. The lowest BCUT2D eigenvalue weighted by molar-refractivity contribution is -0.140. The standard InChI is InChI=1S/C25H34FN3O4S/c1-5-7-15-27-25(31)23(6-2)28(17-20-10-8-9-19(3)16-20)24(30)18-29(34(4,32)33)22-13-11-21(26)12-14-22/h8-14,16,23H,5-7,15,17-18H2,1-4H3,(H,27,31). The molecule has 2 rings (SSSR count). The number of rotatable bonds is 12. The number of hydrogen-bond donors (Lipinski definition) is 1. The molecule has 2 amide bonds. The quantitative estimate of drug-likeness (QED) is 0.460. The molecule has 0 saturated heterocycles. The Balaban J connectivity index is 2.39. The molecule has 2 aromatic rings. The van der Waals surface area contributed by atoms with Crippen molar-refractivity contribution in [2.24, 2.45) is 0 Å². The van der Waals surface area contributed by atoms with E-state index in [2.05, 4.69) is 5.32 Å². The summed E-state index contributed by atoms with van der Waals surface area (Å²) in [4.78, 5) is 27.9. The van der Waals surface area contributed by atoms with E-state index in [1.54, 1.807) is 0 Å². The Morgan fingerprint density at radius 2 is 1.76 bits per heavy atom. The summed E-state index contributed by atoms with van der Waals surface area (Å²) < 4.78 is 39.3. The van der Waals surface area contributed by atoms with Crippen LogP contribution in [0.25, 0.3) is 0 Å². The highest BCUT2D eigenvalue weighted by Crippen LogP contribution is 2.20. The normalized spacial score (nSPS) is 12.1. The molecular weight excluding hydrogens is 457 g/mol. The molecule has 0 radical (unpaired) electrons. The molecule has 0 spiro atoms. The zero-order chi connectivity index (χ0) is 25.3. The number of carbonyl (C=O) groups excluding carboxylic acids is 2. The molecule has 0 aliphatic heterocycles. The third-order valence-electron chi connectivity index (χ3n) is 5.44. The summed E-state index contributed by atoms with van der Waals surface area (Å²) in [6.45, 7) is 5.92. The number of hydrogen-bond acceptors (Lipinski definition) is 4. The Morgan fingerprint density at radius 3 is 2.32 bits per heavy atom. The Morgan fingerprint density at radius 1 is 1.09 bits per heavy atom. The molecule has 1 N–H and O–H groups in total. The van der Waals surface area contributed by atoms with E-state index >= 15 is 0 Å². The first-order chi connectivity index (χ1) is 16.1. The van der Waals surface area contributed by atoms with Gasteiger partial charge in [0.15, 0.2) is 0 Å². The third-order valence-corrected chi connectivity index (χ3v) is 6.59. The summed E-state index contributed by atoms with van der Waals surface area (Å²) >= 11 is 0. The predicted octanol–water partition coefficient (Wildman–Crippen LogP) is 3.62. The number of unbranched alkanes of at least 4 members (excludes halogenated alkanes) is 1. The Bertz CT molecular complexity index is 1070. The molecular formula is C25H34FN3O4S. The third kappa shape index (κ3) is 7.83. The van der Waals surface area contributed by atoms with Crippen LogP contribution in [0.4, 0.5) is 10.1 Å². The van der Waals surface area contributed by atoms with Crippen molar-refractivity contribution in [3.63, 3.8) is 0 Å².